The monoisotopic (exact) mass is 401 g/mol. The van der Waals surface area contributed by atoms with Gasteiger partial charge in [0.25, 0.3) is 0 Å². The predicted molar refractivity (Wildman–Crippen MR) is 103 cm³/mol. The molecule has 2 aliphatic heterocycles. The molecule has 0 unspecified atom stereocenters. The molecule has 0 aliphatic carbocycles. The van der Waals surface area contributed by atoms with E-state index in [-0.39, 0.29) is 24.9 Å². The van der Waals surface area contributed by atoms with Crippen LogP contribution in [-0.4, -0.2) is 63.4 Å². The normalized spacial score (nSPS) is 16.3. The lowest BCUT2D eigenvalue weighted by molar-refractivity contribution is -0.386. The standard InChI is InChI=1S/C19H23N5O5/c1-13-19(24(26)27)14(2)23(20-13)11-18(25)22-7-5-21(6-8-22)10-15-3-4-16-17(9-15)29-12-28-16/h3-4,9H,5-8,10-12H2,1-2H3. The number of fused-ring (bicyclic) bond motifs is 1. The maximum Gasteiger partial charge on any atom is 0.312 e. The van der Waals surface area contributed by atoms with Crippen molar-refractivity contribution in [2.45, 2.75) is 26.9 Å². The van der Waals surface area contributed by atoms with Crippen LogP contribution >= 0.6 is 0 Å². The van der Waals surface area contributed by atoms with Gasteiger partial charge in [0.15, 0.2) is 11.5 Å². The van der Waals surface area contributed by atoms with Gasteiger partial charge >= 0.3 is 5.69 Å². The summed E-state index contributed by atoms with van der Waals surface area (Å²) in [6.07, 6.45) is 0. The second-order valence-electron chi connectivity index (χ2n) is 7.28. The number of hydrogen-bond donors (Lipinski definition) is 0. The van der Waals surface area contributed by atoms with E-state index in [1.165, 1.54) is 4.68 Å². The Kier molecular flexibility index (Phi) is 5.10. The molecule has 2 aliphatic rings. The summed E-state index contributed by atoms with van der Waals surface area (Å²) in [6, 6.07) is 5.95. The summed E-state index contributed by atoms with van der Waals surface area (Å²) in [7, 11) is 0. The van der Waals surface area contributed by atoms with Crippen molar-refractivity contribution in [2.24, 2.45) is 0 Å². The maximum absolute atomic E-state index is 12.6. The molecule has 0 atom stereocenters. The van der Waals surface area contributed by atoms with Crippen LogP contribution in [0.4, 0.5) is 5.69 Å². The first-order chi connectivity index (χ1) is 13.9. The second-order valence-corrected chi connectivity index (χ2v) is 7.28. The van der Waals surface area contributed by atoms with Crippen LogP contribution in [0.25, 0.3) is 0 Å². The van der Waals surface area contributed by atoms with Gasteiger partial charge in [-0.1, -0.05) is 6.07 Å². The number of rotatable bonds is 5. The highest BCUT2D eigenvalue weighted by Crippen LogP contribution is 2.32. The predicted octanol–water partition coefficient (Wildman–Crippen LogP) is 1.48. The Hall–Kier alpha value is -3.14. The Labute approximate surface area is 167 Å². The largest absolute Gasteiger partial charge is 0.454 e. The summed E-state index contributed by atoms with van der Waals surface area (Å²) in [5.41, 5.74) is 1.85. The number of ether oxygens (including phenoxy) is 2. The molecule has 0 radical (unpaired) electrons. The number of aromatic nitrogens is 2. The molecule has 1 amide bonds. The van der Waals surface area contributed by atoms with Crippen molar-refractivity contribution < 1.29 is 19.2 Å². The molecule has 0 saturated carbocycles. The van der Waals surface area contributed by atoms with Crippen molar-refractivity contribution >= 4 is 11.6 Å². The molecule has 154 valence electrons. The van der Waals surface area contributed by atoms with Crippen LogP contribution in [0.5, 0.6) is 11.5 Å². The molecule has 1 aromatic heterocycles. The third-order valence-electron chi connectivity index (χ3n) is 5.38. The van der Waals surface area contributed by atoms with Crippen LogP contribution in [-0.2, 0) is 17.9 Å². The number of aryl methyl sites for hydroxylation is 1. The van der Waals surface area contributed by atoms with Gasteiger partial charge in [-0.25, -0.2) is 0 Å². The molecule has 4 rings (SSSR count). The molecule has 1 fully saturated rings. The van der Waals surface area contributed by atoms with E-state index in [0.717, 1.165) is 36.7 Å². The zero-order chi connectivity index (χ0) is 20.5. The van der Waals surface area contributed by atoms with Gasteiger partial charge in [-0.15, -0.1) is 0 Å². The molecular formula is C19H23N5O5. The van der Waals surface area contributed by atoms with E-state index in [0.29, 0.717) is 24.5 Å². The number of carbonyl (C=O) groups is 1. The summed E-state index contributed by atoms with van der Waals surface area (Å²) in [5, 5.41) is 15.3. The van der Waals surface area contributed by atoms with Crippen molar-refractivity contribution in [3.05, 3.63) is 45.3 Å². The van der Waals surface area contributed by atoms with Gasteiger partial charge in [-0.05, 0) is 31.5 Å². The van der Waals surface area contributed by atoms with Crippen molar-refractivity contribution in [1.82, 2.24) is 19.6 Å². The maximum atomic E-state index is 12.6. The molecule has 1 saturated heterocycles. The van der Waals surface area contributed by atoms with Gasteiger partial charge in [0.2, 0.25) is 12.7 Å². The molecule has 29 heavy (non-hydrogen) atoms. The summed E-state index contributed by atoms with van der Waals surface area (Å²) < 4.78 is 12.2. The Morgan fingerprint density at radius 1 is 1.17 bits per heavy atom. The van der Waals surface area contributed by atoms with Crippen LogP contribution in [0, 0.1) is 24.0 Å². The Bertz CT molecular complexity index is 949. The van der Waals surface area contributed by atoms with E-state index in [1.54, 1.807) is 18.7 Å². The lowest BCUT2D eigenvalue weighted by Crippen LogP contribution is -2.49. The van der Waals surface area contributed by atoms with E-state index in [1.807, 2.05) is 18.2 Å². The zero-order valence-corrected chi connectivity index (χ0v) is 16.5. The van der Waals surface area contributed by atoms with Gasteiger partial charge in [-0.3, -0.25) is 24.5 Å². The molecule has 1 aromatic carbocycles. The van der Waals surface area contributed by atoms with Gasteiger partial charge < -0.3 is 14.4 Å². The summed E-state index contributed by atoms with van der Waals surface area (Å²) in [6.45, 7) is 7.02. The van der Waals surface area contributed by atoms with E-state index in [4.69, 9.17) is 9.47 Å². The fourth-order valence-corrected chi connectivity index (χ4v) is 3.79. The SMILES string of the molecule is Cc1nn(CC(=O)N2CCN(Cc3ccc4c(c3)OCO4)CC2)c(C)c1[N+](=O)[O-]. The van der Waals surface area contributed by atoms with Gasteiger partial charge in [0.1, 0.15) is 17.9 Å². The fourth-order valence-electron chi connectivity index (χ4n) is 3.79. The molecule has 10 nitrogen and oxygen atoms in total. The minimum Gasteiger partial charge on any atom is -0.454 e. The van der Waals surface area contributed by atoms with Crippen molar-refractivity contribution in [3.8, 4) is 11.5 Å². The van der Waals surface area contributed by atoms with Gasteiger partial charge in [0.05, 0.1) is 4.92 Å². The summed E-state index contributed by atoms with van der Waals surface area (Å²) in [4.78, 5) is 27.4. The lowest BCUT2D eigenvalue weighted by atomic mass is 10.1. The first kappa shape index (κ1) is 19.2. The molecular weight excluding hydrogens is 378 g/mol. The van der Waals surface area contributed by atoms with Crippen LogP contribution in [0.1, 0.15) is 17.0 Å². The number of carbonyl (C=O) groups excluding carboxylic acids is 1. The molecule has 0 bridgehead atoms. The van der Waals surface area contributed by atoms with E-state index in [9.17, 15) is 14.9 Å². The lowest BCUT2D eigenvalue weighted by Gasteiger charge is -2.34. The van der Waals surface area contributed by atoms with Gasteiger partial charge in [-0.2, -0.15) is 5.10 Å². The highest BCUT2D eigenvalue weighted by molar-refractivity contribution is 5.76. The Morgan fingerprint density at radius 2 is 1.90 bits per heavy atom. The van der Waals surface area contributed by atoms with E-state index >= 15 is 0 Å². The minimum atomic E-state index is -0.451. The average Bonchev–Trinajstić information content (AvgIpc) is 3.26. The number of nitro groups is 1. The quantitative estimate of drug-likeness (QED) is 0.552. The molecule has 2 aromatic rings. The van der Waals surface area contributed by atoms with Crippen molar-refractivity contribution in [2.75, 3.05) is 33.0 Å². The molecule has 3 heterocycles. The smallest absolute Gasteiger partial charge is 0.312 e. The van der Waals surface area contributed by atoms with Crippen LogP contribution < -0.4 is 9.47 Å². The second kappa shape index (κ2) is 7.70. The minimum absolute atomic E-state index is 0.0165. The number of amides is 1. The number of piperazine rings is 1. The van der Waals surface area contributed by atoms with Crippen LogP contribution in [0.2, 0.25) is 0 Å². The third-order valence-corrected chi connectivity index (χ3v) is 5.38. The molecule has 0 N–H and O–H groups in total. The first-order valence-corrected chi connectivity index (χ1v) is 9.49. The summed E-state index contributed by atoms with van der Waals surface area (Å²) in [5.74, 6) is 1.47. The van der Waals surface area contributed by atoms with Gasteiger partial charge in [0, 0.05) is 32.7 Å². The fraction of sp³-hybridized carbons (Fsp3) is 0.474. The first-order valence-electron chi connectivity index (χ1n) is 9.49. The van der Waals surface area contributed by atoms with Crippen LogP contribution in [0.3, 0.4) is 0 Å². The Morgan fingerprint density at radius 3 is 2.59 bits per heavy atom. The van der Waals surface area contributed by atoms with Crippen LogP contribution in [0.15, 0.2) is 18.2 Å². The average molecular weight is 401 g/mol. The molecule has 10 heteroatoms. The van der Waals surface area contributed by atoms with Crippen molar-refractivity contribution in [1.29, 1.82) is 0 Å². The highest BCUT2D eigenvalue weighted by atomic mass is 16.7. The highest BCUT2D eigenvalue weighted by Gasteiger charge is 2.26. The van der Waals surface area contributed by atoms with E-state index < -0.39 is 4.92 Å². The van der Waals surface area contributed by atoms with E-state index in [2.05, 4.69) is 10.00 Å². The number of benzene rings is 1. The summed E-state index contributed by atoms with van der Waals surface area (Å²) >= 11 is 0. The topological polar surface area (TPSA) is 103 Å². The number of nitrogens with zero attached hydrogens (tertiary/aromatic N) is 5. The Balaban J connectivity index is 1.32. The third kappa shape index (κ3) is 3.88. The number of hydrogen-bond acceptors (Lipinski definition) is 7. The molecule has 0 spiro atoms. The van der Waals surface area contributed by atoms with Crippen molar-refractivity contribution in [3.63, 3.8) is 0 Å². The zero-order valence-electron chi connectivity index (χ0n) is 16.5.